The van der Waals surface area contributed by atoms with Crippen LogP contribution in [0.5, 0.6) is 0 Å². The maximum atomic E-state index is 12.5. The van der Waals surface area contributed by atoms with Gasteiger partial charge in [-0.3, -0.25) is 4.79 Å². The SMILES string of the molecule is Nc1ccc(C(=O)N2CCCc3ccccc3C2)nn1. The Morgan fingerprint density at radius 2 is 1.90 bits per heavy atom. The molecule has 0 radical (unpaired) electrons. The van der Waals surface area contributed by atoms with Crippen molar-refractivity contribution in [2.24, 2.45) is 0 Å². The predicted molar refractivity (Wildman–Crippen MR) is 75.9 cm³/mol. The van der Waals surface area contributed by atoms with E-state index in [1.165, 1.54) is 11.1 Å². The van der Waals surface area contributed by atoms with Gasteiger partial charge in [0.25, 0.3) is 5.91 Å². The van der Waals surface area contributed by atoms with Gasteiger partial charge in [0, 0.05) is 13.1 Å². The molecule has 0 saturated carbocycles. The summed E-state index contributed by atoms with van der Waals surface area (Å²) in [7, 11) is 0. The summed E-state index contributed by atoms with van der Waals surface area (Å²) >= 11 is 0. The Kier molecular flexibility index (Phi) is 3.33. The van der Waals surface area contributed by atoms with E-state index in [1.807, 2.05) is 17.0 Å². The molecule has 1 aromatic heterocycles. The van der Waals surface area contributed by atoms with Gasteiger partial charge in [-0.15, -0.1) is 10.2 Å². The van der Waals surface area contributed by atoms with Crippen molar-refractivity contribution in [3.05, 3.63) is 53.2 Å². The first-order valence-electron chi connectivity index (χ1n) is 6.69. The summed E-state index contributed by atoms with van der Waals surface area (Å²) in [5, 5.41) is 7.62. The summed E-state index contributed by atoms with van der Waals surface area (Å²) in [6, 6.07) is 11.5. The Balaban J connectivity index is 1.84. The normalized spacial score (nSPS) is 14.5. The molecule has 102 valence electrons. The van der Waals surface area contributed by atoms with Gasteiger partial charge in [-0.25, -0.2) is 0 Å². The van der Waals surface area contributed by atoms with Crippen LogP contribution in [0, 0.1) is 0 Å². The lowest BCUT2D eigenvalue weighted by atomic mass is 10.0. The van der Waals surface area contributed by atoms with Crippen LogP contribution in [0.4, 0.5) is 5.82 Å². The summed E-state index contributed by atoms with van der Waals surface area (Å²) in [6.45, 7) is 1.36. The molecule has 0 aliphatic carbocycles. The van der Waals surface area contributed by atoms with E-state index in [1.54, 1.807) is 12.1 Å². The maximum absolute atomic E-state index is 12.5. The summed E-state index contributed by atoms with van der Waals surface area (Å²) in [5.74, 6) is 0.233. The van der Waals surface area contributed by atoms with Crippen LogP contribution >= 0.6 is 0 Å². The predicted octanol–water partition coefficient (Wildman–Crippen LogP) is 1.65. The average Bonchev–Trinajstić information content (AvgIpc) is 2.69. The third-order valence-corrected chi connectivity index (χ3v) is 3.55. The highest BCUT2D eigenvalue weighted by Gasteiger charge is 2.21. The summed E-state index contributed by atoms with van der Waals surface area (Å²) in [4.78, 5) is 14.3. The summed E-state index contributed by atoms with van der Waals surface area (Å²) < 4.78 is 0. The highest BCUT2D eigenvalue weighted by Crippen LogP contribution is 2.19. The molecule has 1 aliphatic heterocycles. The van der Waals surface area contributed by atoms with Crippen molar-refractivity contribution in [1.29, 1.82) is 0 Å². The molecule has 0 spiro atoms. The van der Waals surface area contributed by atoms with Crippen LogP contribution in [0.3, 0.4) is 0 Å². The number of hydrogen-bond donors (Lipinski definition) is 1. The van der Waals surface area contributed by atoms with Gasteiger partial charge in [0.2, 0.25) is 0 Å². The van der Waals surface area contributed by atoms with Gasteiger partial charge >= 0.3 is 0 Å². The smallest absolute Gasteiger partial charge is 0.274 e. The molecule has 1 aromatic carbocycles. The average molecular weight is 268 g/mol. The second kappa shape index (κ2) is 5.28. The van der Waals surface area contributed by atoms with Crippen LogP contribution in [-0.2, 0) is 13.0 Å². The van der Waals surface area contributed by atoms with E-state index in [2.05, 4.69) is 22.3 Å². The molecular weight excluding hydrogens is 252 g/mol. The fourth-order valence-corrected chi connectivity index (χ4v) is 2.49. The van der Waals surface area contributed by atoms with Crippen molar-refractivity contribution in [1.82, 2.24) is 15.1 Å². The zero-order chi connectivity index (χ0) is 13.9. The molecule has 2 aromatic rings. The molecule has 2 heterocycles. The molecule has 0 atom stereocenters. The molecular formula is C15H16N4O. The van der Waals surface area contributed by atoms with Crippen LogP contribution in [0.25, 0.3) is 0 Å². The van der Waals surface area contributed by atoms with E-state index in [0.29, 0.717) is 18.1 Å². The van der Waals surface area contributed by atoms with E-state index in [0.717, 1.165) is 19.4 Å². The Hall–Kier alpha value is -2.43. The molecule has 5 heteroatoms. The number of benzene rings is 1. The Labute approximate surface area is 117 Å². The lowest BCUT2D eigenvalue weighted by Crippen LogP contribution is -2.31. The minimum atomic E-state index is -0.0887. The minimum absolute atomic E-state index is 0.0887. The number of carbonyl (C=O) groups is 1. The molecule has 0 fully saturated rings. The van der Waals surface area contributed by atoms with Crippen molar-refractivity contribution in [3.8, 4) is 0 Å². The third-order valence-electron chi connectivity index (χ3n) is 3.55. The van der Waals surface area contributed by atoms with E-state index in [4.69, 9.17) is 5.73 Å². The van der Waals surface area contributed by atoms with Gasteiger partial charge in [-0.1, -0.05) is 24.3 Å². The van der Waals surface area contributed by atoms with Gasteiger partial charge in [0.1, 0.15) is 5.82 Å². The van der Waals surface area contributed by atoms with E-state index in [9.17, 15) is 4.79 Å². The fourth-order valence-electron chi connectivity index (χ4n) is 2.49. The van der Waals surface area contributed by atoms with Crippen molar-refractivity contribution in [3.63, 3.8) is 0 Å². The van der Waals surface area contributed by atoms with Crippen molar-refractivity contribution < 1.29 is 4.79 Å². The lowest BCUT2D eigenvalue weighted by Gasteiger charge is -2.20. The van der Waals surface area contributed by atoms with Crippen molar-refractivity contribution in [2.45, 2.75) is 19.4 Å². The zero-order valence-corrected chi connectivity index (χ0v) is 11.1. The van der Waals surface area contributed by atoms with Crippen LogP contribution in [0.1, 0.15) is 28.0 Å². The summed E-state index contributed by atoms with van der Waals surface area (Å²) in [6.07, 6.45) is 1.97. The van der Waals surface area contributed by atoms with E-state index >= 15 is 0 Å². The molecule has 3 rings (SSSR count). The minimum Gasteiger partial charge on any atom is -0.382 e. The highest BCUT2D eigenvalue weighted by atomic mass is 16.2. The Bertz CT molecular complexity index is 624. The molecule has 1 aliphatic rings. The van der Waals surface area contributed by atoms with Gasteiger partial charge < -0.3 is 10.6 Å². The molecule has 2 N–H and O–H groups in total. The standard InChI is InChI=1S/C15H16N4O/c16-14-8-7-13(17-18-14)15(20)19-9-3-6-11-4-1-2-5-12(11)10-19/h1-2,4-5,7-8H,3,6,9-10H2,(H2,16,18). The molecule has 0 unspecified atom stereocenters. The van der Waals surface area contributed by atoms with Gasteiger partial charge in [0.05, 0.1) is 0 Å². The van der Waals surface area contributed by atoms with Gasteiger partial charge in [-0.05, 0) is 36.1 Å². The highest BCUT2D eigenvalue weighted by molar-refractivity contribution is 5.92. The molecule has 1 amide bonds. The molecule has 5 nitrogen and oxygen atoms in total. The number of anilines is 1. The Morgan fingerprint density at radius 1 is 1.10 bits per heavy atom. The van der Waals surface area contributed by atoms with E-state index in [-0.39, 0.29) is 5.91 Å². The molecule has 20 heavy (non-hydrogen) atoms. The number of fused-ring (bicyclic) bond motifs is 1. The topological polar surface area (TPSA) is 72.1 Å². The zero-order valence-electron chi connectivity index (χ0n) is 11.1. The first-order chi connectivity index (χ1) is 9.74. The Morgan fingerprint density at radius 3 is 2.65 bits per heavy atom. The third kappa shape index (κ3) is 2.47. The quantitative estimate of drug-likeness (QED) is 0.853. The second-order valence-electron chi connectivity index (χ2n) is 4.94. The van der Waals surface area contributed by atoms with Crippen LogP contribution in [0.2, 0.25) is 0 Å². The maximum Gasteiger partial charge on any atom is 0.274 e. The van der Waals surface area contributed by atoms with Crippen LogP contribution in [0.15, 0.2) is 36.4 Å². The number of carbonyl (C=O) groups excluding carboxylic acids is 1. The number of aryl methyl sites for hydroxylation is 1. The number of nitrogens with two attached hydrogens (primary N) is 1. The van der Waals surface area contributed by atoms with Crippen LogP contribution in [-0.4, -0.2) is 27.5 Å². The first kappa shape index (κ1) is 12.6. The lowest BCUT2D eigenvalue weighted by molar-refractivity contribution is 0.0739. The number of aromatic nitrogens is 2. The fraction of sp³-hybridized carbons (Fsp3) is 0.267. The molecule has 0 bridgehead atoms. The largest absolute Gasteiger partial charge is 0.382 e. The van der Waals surface area contributed by atoms with Crippen LogP contribution < -0.4 is 5.73 Å². The summed E-state index contributed by atoms with van der Waals surface area (Å²) in [5.41, 5.74) is 8.38. The number of rotatable bonds is 1. The molecule has 0 saturated heterocycles. The number of amides is 1. The monoisotopic (exact) mass is 268 g/mol. The first-order valence-corrected chi connectivity index (χ1v) is 6.69. The van der Waals surface area contributed by atoms with Crippen molar-refractivity contribution >= 4 is 11.7 Å². The number of hydrogen-bond acceptors (Lipinski definition) is 4. The van der Waals surface area contributed by atoms with E-state index < -0.39 is 0 Å². The van der Waals surface area contributed by atoms with Gasteiger partial charge in [0.15, 0.2) is 5.69 Å². The second-order valence-corrected chi connectivity index (χ2v) is 4.94. The number of nitrogen functional groups attached to an aromatic ring is 1. The number of nitrogens with zero attached hydrogens (tertiary/aromatic N) is 3. The van der Waals surface area contributed by atoms with Gasteiger partial charge in [-0.2, -0.15) is 0 Å². The van der Waals surface area contributed by atoms with Crippen molar-refractivity contribution in [2.75, 3.05) is 12.3 Å².